The molecule has 146 valence electrons. The SMILES string of the molecule is CCOC(=O)Nc1c(OC(F)(F)F)ccc(C(=O)NC2(C)N=NN=N2)c1Cl. The van der Waals surface area contributed by atoms with E-state index in [-0.39, 0.29) is 12.2 Å². The second kappa shape index (κ2) is 7.73. The second-order valence-electron chi connectivity index (χ2n) is 5.05. The molecular formula is C13H12ClF3N6O4. The summed E-state index contributed by atoms with van der Waals surface area (Å²) in [6.07, 6.45) is -6.15. The van der Waals surface area contributed by atoms with Crippen LogP contribution in [0.1, 0.15) is 24.2 Å². The van der Waals surface area contributed by atoms with Crippen LogP contribution in [0.3, 0.4) is 0 Å². The summed E-state index contributed by atoms with van der Waals surface area (Å²) in [5.41, 5.74) is -0.878. The van der Waals surface area contributed by atoms with E-state index in [0.717, 1.165) is 12.1 Å². The Labute approximate surface area is 154 Å². The Bertz CT molecular complexity index is 802. The molecule has 27 heavy (non-hydrogen) atoms. The molecule has 1 aromatic carbocycles. The van der Waals surface area contributed by atoms with Gasteiger partial charge in [0.15, 0.2) is 5.75 Å². The summed E-state index contributed by atoms with van der Waals surface area (Å²) in [6, 6.07) is 1.79. The van der Waals surface area contributed by atoms with Gasteiger partial charge in [-0.2, -0.15) is 0 Å². The normalized spacial score (nSPS) is 14.7. The van der Waals surface area contributed by atoms with Gasteiger partial charge in [-0.05, 0) is 29.5 Å². The van der Waals surface area contributed by atoms with E-state index in [1.54, 1.807) is 0 Å². The first-order chi connectivity index (χ1) is 12.5. The molecule has 2 rings (SSSR count). The summed E-state index contributed by atoms with van der Waals surface area (Å²) in [4.78, 5) is 24.0. The van der Waals surface area contributed by atoms with Crippen LogP contribution in [0.15, 0.2) is 32.8 Å². The van der Waals surface area contributed by atoms with Crippen LogP contribution in [0.5, 0.6) is 5.75 Å². The quantitative estimate of drug-likeness (QED) is 0.762. The van der Waals surface area contributed by atoms with Crippen molar-refractivity contribution in [1.82, 2.24) is 5.32 Å². The standard InChI is InChI=1S/C13H12ClF3N6O4/c1-3-26-11(25)18-9-7(27-13(15,16)17)5-4-6(8(9)14)10(24)19-12(2)20-22-23-21-12/h4-5H,3H2,1-2H3,(H,18,25)(H,19,24). The number of benzene rings is 1. The van der Waals surface area contributed by atoms with Gasteiger partial charge in [-0.1, -0.05) is 11.6 Å². The van der Waals surface area contributed by atoms with Crippen molar-refractivity contribution in [2.24, 2.45) is 20.7 Å². The number of halogens is 4. The maximum Gasteiger partial charge on any atom is 0.573 e. The summed E-state index contributed by atoms with van der Waals surface area (Å²) < 4.78 is 46.2. The van der Waals surface area contributed by atoms with Gasteiger partial charge in [0.05, 0.1) is 17.2 Å². The maximum atomic E-state index is 12.6. The fourth-order valence-electron chi connectivity index (χ4n) is 1.90. The molecule has 0 atom stereocenters. The van der Waals surface area contributed by atoms with E-state index in [9.17, 15) is 22.8 Å². The molecule has 2 N–H and O–H groups in total. The Balaban J connectivity index is 2.38. The van der Waals surface area contributed by atoms with Gasteiger partial charge in [0.1, 0.15) is 5.69 Å². The third kappa shape index (κ3) is 5.26. The molecule has 0 spiro atoms. The van der Waals surface area contributed by atoms with E-state index in [4.69, 9.17) is 11.6 Å². The number of carbonyl (C=O) groups excluding carboxylic acids is 2. The van der Waals surface area contributed by atoms with Crippen LogP contribution in [0, 0.1) is 0 Å². The Kier molecular flexibility index (Phi) is 5.83. The Morgan fingerprint density at radius 2 is 1.89 bits per heavy atom. The van der Waals surface area contributed by atoms with Crippen molar-refractivity contribution in [1.29, 1.82) is 0 Å². The van der Waals surface area contributed by atoms with Crippen molar-refractivity contribution in [3.05, 3.63) is 22.7 Å². The summed E-state index contributed by atoms with van der Waals surface area (Å²) in [7, 11) is 0. The van der Waals surface area contributed by atoms with Crippen LogP contribution in [-0.4, -0.2) is 30.8 Å². The third-order valence-corrected chi connectivity index (χ3v) is 3.34. The molecule has 14 heteroatoms. The smallest absolute Gasteiger partial charge is 0.450 e. The van der Waals surface area contributed by atoms with Crippen molar-refractivity contribution in [3.63, 3.8) is 0 Å². The highest BCUT2D eigenvalue weighted by molar-refractivity contribution is 6.37. The lowest BCUT2D eigenvalue weighted by Gasteiger charge is -2.19. The molecule has 1 heterocycles. The third-order valence-electron chi connectivity index (χ3n) is 2.95. The molecule has 1 aliphatic rings. The van der Waals surface area contributed by atoms with Gasteiger partial charge in [-0.25, -0.2) is 4.79 Å². The molecule has 0 radical (unpaired) electrons. The van der Waals surface area contributed by atoms with Crippen LogP contribution in [0.25, 0.3) is 0 Å². The fourth-order valence-corrected chi connectivity index (χ4v) is 2.18. The van der Waals surface area contributed by atoms with Crippen molar-refractivity contribution in [2.45, 2.75) is 26.0 Å². The number of carbonyl (C=O) groups is 2. The molecule has 1 aromatic rings. The number of amides is 2. The van der Waals surface area contributed by atoms with Crippen LogP contribution in [0.4, 0.5) is 23.7 Å². The van der Waals surface area contributed by atoms with Crippen molar-refractivity contribution < 1.29 is 32.2 Å². The Morgan fingerprint density at radius 3 is 2.44 bits per heavy atom. The predicted molar refractivity (Wildman–Crippen MR) is 84.4 cm³/mol. The highest BCUT2D eigenvalue weighted by atomic mass is 35.5. The molecule has 0 aromatic heterocycles. The number of nitrogens with one attached hydrogen (secondary N) is 2. The number of anilines is 1. The topological polar surface area (TPSA) is 126 Å². The molecule has 0 bridgehead atoms. The van der Waals surface area contributed by atoms with Gasteiger partial charge in [0.2, 0.25) is 0 Å². The lowest BCUT2D eigenvalue weighted by Crippen LogP contribution is -2.41. The first-order valence-electron chi connectivity index (χ1n) is 7.23. The minimum atomic E-state index is -5.06. The lowest BCUT2D eigenvalue weighted by molar-refractivity contribution is -0.274. The van der Waals surface area contributed by atoms with E-state index < -0.39 is 40.6 Å². The van der Waals surface area contributed by atoms with Gasteiger partial charge in [0.25, 0.3) is 11.7 Å². The molecule has 0 unspecified atom stereocenters. The van der Waals surface area contributed by atoms with E-state index in [1.165, 1.54) is 13.8 Å². The molecular weight excluding hydrogens is 397 g/mol. The second-order valence-corrected chi connectivity index (χ2v) is 5.43. The molecule has 0 aliphatic carbocycles. The minimum Gasteiger partial charge on any atom is -0.450 e. The highest BCUT2D eigenvalue weighted by Gasteiger charge is 2.35. The Morgan fingerprint density at radius 1 is 1.26 bits per heavy atom. The monoisotopic (exact) mass is 408 g/mol. The summed E-state index contributed by atoms with van der Waals surface area (Å²) in [6.45, 7) is 2.81. The number of nitrogens with zero attached hydrogens (tertiary/aromatic N) is 4. The molecule has 1 aliphatic heterocycles. The molecule has 0 saturated heterocycles. The van der Waals surface area contributed by atoms with Crippen molar-refractivity contribution in [3.8, 4) is 5.75 Å². The number of rotatable bonds is 5. The van der Waals surface area contributed by atoms with Gasteiger partial charge in [-0.3, -0.25) is 10.1 Å². The van der Waals surface area contributed by atoms with Crippen LogP contribution < -0.4 is 15.4 Å². The zero-order chi connectivity index (χ0) is 20.2. The molecule has 0 fully saturated rings. The Hall–Kier alpha value is -2.96. The molecule has 2 amide bonds. The zero-order valence-electron chi connectivity index (χ0n) is 13.8. The zero-order valence-corrected chi connectivity index (χ0v) is 14.6. The van der Waals surface area contributed by atoms with Gasteiger partial charge >= 0.3 is 12.5 Å². The van der Waals surface area contributed by atoms with Gasteiger partial charge in [0, 0.05) is 6.92 Å². The number of hydrogen-bond donors (Lipinski definition) is 2. The molecule has 10 nitrogen and oxygen atoms in total. The van der Waals surface area contributed by atoms with Gasteiger partial charge < -0.3 is 14.8 Å². The van der Waals surface area contributed by atoms with E-state index in [1.807, 2.05) is 5.32 Å². The minimum absolute atomic E-state index is 0.0482. The number of alkyl halides is 3. The highest BCUT2D eigenvalue weighted by Crippen LogP contribution is 2.38. The van der Waals surface area contributed by atoms with E-state index in [0.29, 0.717) is 0 Å². The summed E-state index contributed by atoms with van der Waals surface area (Å²) in [5.74, 6) is -3.17. The van der Waals surface area contributed by atoms with Crippen LogP contribution >= 0.6 is 11.6 Å². The summed E-state index contributed by atoms with van der Waals surface area (Å²) >= 11 is 6.03. The van der Waals surface area contributed by atoms with Crippen molar-refractivity contribution in [2.75, 3.05) is 11.9 Å². The number of ether oxygens (including phenoxy) is 2. The van der Waals surface area contributed by atoms with E-state index in [2.05, 4.69) is 35.5 Å². The predicted octanol–water partition coefficient (Wildman–Crippen LogP) is 4.04. The summed E-state index contributed by atoms with van der Waals surface area (Å²) in [5, 5.41) is 17.5. The van der Waals surface area contributed by atoms with Crippen LogP contribution in [-0.2, 0) is 4.74 Å². The van der Waals surface area contributed by atoms with E-state index >= 15 is 0 Å². The lowest BCUT2D eigenvalue weighted by atomic mass is 10.1. The van der Waals surface area contributed by atoms with Crippen LogP contribution in [0.2, 0.25) is 5.02 Å². The first kappa shape index (κ1) is 20.4. The van der Waals surface area contributed by atoms with Crippen molar-refractivity contribution >= 4 is 29.3 Å². The largest absolute Gasteiger partial charge is 0.573 e. The average molecular weight is 409 g/mol. The fraction of sp³-hybridized carbons (Fsp3) is 0.385. The first-order valence-corrected chi connectivity index (χ1v) is 7.61. The molecule has 0 saturated carbocycles. The maximum absolute atomic E-state index is 12.6. The number of hydrogen-bond acceptors (Lipinski definition) is 8. The average Bonchev–Trinajstić information content (AvgIpc) is 2.96. The van der Waals surface area contributed by atoms with Gasteiger partial charge in [-0.15, -0.1) is 23.4 Å².